The smallest absolute Gasteiger partial charge is 0.308 e. The predicted molar refractivity (Wildman–Crippen MR) is 101 cm³/mol. The fraction of sp³-hybridized carbons (Fsp3) is 0.263. The molecule has 0 radical (unpaired) electrons. The Balaban J connectivity index is 1.85. The summed E-state index contributed by atoms with van der Waals surface area (Å²) in [5.74, 6) is 0. The van der Waals surface area contributed by atoms with Crippen molar-refractivity contribution in [2.24, 2.45) is 0 Å². The maximum atomic E-state index is 12.4. The lowest BCUT2D eigenvalue weighted by molar-refractivity contribution is 0.262. The quantitative estimate of drug-likeness (QED) is 0.760. The normalized spacial score (nSPS) is 10.8. The molecular weight excluding hydrogens is 316 g/mol. The Kier molecular flexibility index (Phi) is 4.61. The van der Waals surface area contributed by atoms with Gasteiger partial charge in [-0.25, -0.2) is 9.59 Å². The molecule has 2 amide bonds. The van der Waals surface area contributed by atoms with Crippen molar-refractivity contribution in [1.29, 1.82) is 0 Å². The number of amides is 2. The molecule has 25 heavy (non-hydrogen) atoms. The van der Waals surface area contributed by atoms with E-state index >= 15 is 0 Å². The number of benzene rings is 2. The molecule has 0 aliphatic carbocycles. The summed E-state index contributed by atoms with van der Waals surface area (Å²) < 4.78 is 3.44. The van der Waals surface area contributed by atoms with Gasteiger partial charge < -0.3 is 10.6 Å². The Morgan fingerprint density at radius 2 is 1.44 bits per heavy atom. The Hall–Kier alpha value is -3.02. The molecule has 6 heteroatoms. The number of carbonyl (C=O) groups excluding carboxylic acids is 1. The molecule has 1 heterocycles. The topological polar surface area (TPSA) is 68.1 Å². The van der Waals surface area contributed by atoms with E-state index in [0.29, 0.717) is 18.8 Å². The van der Waals surface area contributed by atoms with Crippen LogP contribution < -0.4 is 16.3 Å². The van der Waals surface area contributed by atoms with Crippen LogP contribution >= 0.6 is 0 Å². The maximum Gasteiger partial charge on any atom is 0.329 e. The maximum absolute atomic E-state index is 12.4. The zero-order valence-electron chi connectivity index (χ0n) is 14.7. The predicted octanol–water partition coefficient (Wildman–Crippen LogP) is 3.80. The number of aryl methyl sites for hydroxylation is 3. The van der Waals surface area contributed by atoms with Crippen molar-refractivity contribution in [3.8, 4) is 0 Å². The number of nitrogens with one attached hydrogen (secondary N) is 2. The van der Waals surface area contributed by atoms with Crippen LogP contribution in [0.25, 0.3) is 11.0 Å². The fourth-order valence-electron chi connectivity index (χ4n) is 2.94. The Labute approximate surface area is 146 Å². The van der Waals surface area contributed by atoms with E-state index in [0.717, 1.165) is 22.3 Å². The molecule has 0 fully saturated rings. The minimum absolute atomic E-state index is 0.0266. The number of imidazole rings is 1. The van der Waals surface area contributed by atoms with Crippen LogP contribution in [0, 0.1) is 6.92 Å². The highest BCUT2D eigenvalue weighted by Crippen LogP contribution is 2.19. The van der Waals surface area contributed by atoms with Crippen molar-refractivity contribution >= 4 is 28.4 Å². The van der Waals surface area contributed by atoms with Crippen molar-refractivity contribution in [3.63, 3.8) is 0 Å². The molecule has 0 bridgehead atoms. The summed E-state index contributed by atoms with van der Waals surface area (Å²) in [5.41, 5.74) is 4.18. The van der Waals surface area contributed by atoms with Crippen LogP contribution in [0.3, 0.4) is 0 Å². The van der Waals surface area contributed by atoms with Gasteiger partial charge in [0.25, 0.3) is 0 Å². The second-order valence-electron chi connectivity index (χ2n) is 5.92. The molecule has 0 unspecified atom stereocenters. The number of rotatable bonds is 4. The molecule has 0 atom stereocenters. The first kappa shape index (κ1) is 16.8. The van der Waals surface area contributed by atoms with Crippen molar-refractivity contribution in [2.75, 3.05) is 10.6 Å². The van der Waals surface area contributed by atoms with Gasteiger partial charge in [0.1, 0.15) is 0 Å². The van der Waals surface area contributed by atoms with Crippen molar-refractivity contribution in [3.05, 3.63) is 58.5 Å². The van der Waals surface area contributed by atoms with Crippen LogP contribution in [0.1, 0.15) is 19.4 Å². The van der Waals surface area contributed by atoms with Gasteiger partial charge in [0.05, 0.1) is 11.0 Å². The van der Waals surface area contributed by atoms with Gasteiger partial charge in [-0.1, -0.05) is 17.7 Å². The van der Waals surface area contributed by atoms with Crippen LogP contribution in [-0.2, 0) is 13.1 Å². The van der Waals surface area contributed by atoms with E-state index in [4.69, 9.17) is 0 Å². The molecule has 0 saturated carbocycles. The van der Waals surface area contributed by atoms with E-state index in [2.05, 4.69) is 10.6 Å². The highest BCUT2D eigenvalue weighted by molar-refractivity contribution is 6.00. The zero-order chi connectivity index (χ0) is 18.0. The van der Waals surface area contributed by atoms with Crippen LogP contribution in [0.15, 0.2) is 47.3 Å². The van der Waals surface area contributed by atoms with E-state index in [-0.39, 0.29) is 11.7 Å². The van der Waals surface area contributed by atoms with Gasteiger partial charge in [-0.15, -0.1) is 0 Å². The SMILES string of the molecule is CCn1c(=O)n(CC)c2cc(NC(=O)Nc3ccc(C)cc3)ccc21. The molecule has 3 rings (SSSR count). The van der Waals surface area contributed by atoms with Gasteiger partial charge in [0, 0.05) is 24.5 Å². The number of anilines is 2. The first-order chi connectivity index (χ1) is 12.0. The highest BCUT2D eigenvalue weighted by Gasteiger charge is 2.12. The lowest BCUT2D eigenvalue weighted by Gasteiger charge is -2.09. The third-order valence-corrected chi connectivity index (χ3v) is 4.22. The first-order valence-electron chi connectivity index (χ1n) is 8.41. The standard InChI is InChI=1S/C19H22N4O2/c1-4-22-16-11-10-15(12-17(16)23(5-2)19(22)25)21-18(24)20-14-8-6-13(3)7-9-14/h6-12H,4-5H2,1-3H3,(H2,20,21,24). The lowest BCUT2D eigenvalue weighted by Crippen LogP contribution is -2.23. The third-order valence-electron chi connectivity index (χ3n) is 4.22. The van der Waals surface area contributed by atoms with Crippen LogP contribution in [0.5, 0.6) is 0 Å². The fourth-order valence-corrected chi connectivity index (χ4v) is 2.94. The van der Waals surface area contributed by atoms with Crippen LogP contribution in [0.2, 0.25) is 0 Å². The minimum Gasteiger partial charge on any atom is -0.308 e. The second kappa shape index (κ2) is 6.84. The van der Waals surface area contributed by atoms with Gasteiger partial charge in [-0.05, 0) is 51.1 Å². The van der Waals surface area contributed by atoms with Gasteiger partial charge in [0.2, 0.25) is 0 Å². The Morgan fingerprint density at radius 3 is 2.08 bits per heavy atom. The molecule has 130 valence electrons. The van der Waals surface area contributed by atoms with E-state index < -0.39 is 0 Å². The Morgan fingerprint density at radius 1 is 0.880 bits per heavy atom. The van der Waals surface area contributed by atoms with E-state index in [1.165, 1.54) is 0 Å². The van der Waals surface area contributed by atoms with Gasteiger partial charge in [0.15, 0.2) is 0 Å². The summed E-state index contributed by atoms with van der Waals surface area (Å²) in [6, 6.07) is 12.8. The number of hydrogen-bond acceptors (Lipinski definition) is 2. The second-order valence-corrected chi connectivity index (χ2v) is 5.92. The number of hydrogen-bond donors (Lipinski definition) is 2. The largest absolute Gasteiger partial charge is 0.329 e. The number of nitrogens with zero attached hydrogens (tertiary/aromatic N) is 2. The summed E-state index contributed by atoms with van der Waals surface area (Å²) in [7, 11) is 0. The molecule has 2 aromatic carbocycles. The van der Waals surface area contributed by atoms with Crippen molar-refractivity contribution in [2.45, 2.75) is 33.9 Å². The monoisotopic (exact) mass is 338 g/mol. The molecule has 3 aromatic rings. The summed E-state index contributed by atoms with van der Waals surface area (Å²) in [6.07, 6.45) is 0. The Bertz CT molecular complexity index is 967. The lowest BCUT2D eigenvalue weighted by atomic mass is 10.2. The number of fused-ring (bicyclic) bond motifs is 1. The highest BCUT2D eigenvalue weighted by atomic mass is 16.2. The molecule has 0 aliphatic rings. The minimum atomic E-state index is -0.316. The molecule has 0 aliphatic heterocycles. The van der Waals surface area contributed by atoms with Crippen molar-refractivity contribution < 1.29 is 4.79 Å². The van der Waals surface area contributed by atoms with Crippen molar-refractivity contribution in [1.82, 2.24) is 9.13 Å². The van der Waals surface area contributed by atoms with Gasteiger partial charge >= 0.3 is 11.7 Å². The number of carbonyl (C=O) groups is 1. The third kappa shape index (κ3) is 3.28. The average molecular weight is 338 g/mol. The summed E-state index contributed by atoms with van der Waals surface area (Å²) in [6.45, 7) is 7.08. The van der Waals surface area contributed by atoms with E-state index in [1.807, 2.05) is 63.2 Å². The molecule has 1 aromatic heterocycles. The zero-order valence-corrected chi connectivity index (χ0v) is 14.7. The molecule has 0 spiro atoms. The molecule has 0 saturated heterocycles. The summed E-state index contributed by atoms with van der Waals surface area (Å²) in [4.78, 5) is 24.6. The van der Waals surface area contributed by atoms with E-state index in [1.54, 1.807) is 9.13 Å². The average Bonchev–Trinajstić information content (AvgIpc) is 2.86. The van der Waals surface area contributed by atoms with Crippen LogP contribution in [-0.4, -0.2) is 15.2 Å². The van der Waals surface area contributed by atoms with Gasteiger partial charge in [-0.3, -0.25) is 9.13 Å². The van der Waals surface area contributed by atoms with Gasteiger partial charge in [-0.2, -0.15) is 0 Å². The molecule has 2 N–H and O–H groups in total. The summed E-state index contributed by atoms with van der Waals surface area (Å²) in [5, 5.41) is 5.62. The number of aromatic nitrogens is 2. The number of urea groups is 1. The van der Waals surface area contributed by atoms with E-state index in [9.17, 15) is 9.59 Å². The van der Waals surface area contributed by atoms with Crippen LogP contribution in [0.4, 0.5) is 16.2 Å². The molecular formula is C19H22N4O2. The first-order valence-corrected chi connectivity index (χ1v) is 8.41. The summed E-state index contributed by atoms with van der Waals surface area (Å²) >= 11 is 0. The molecule has 6 nitrogen and oxygen atoms in total.